The minimum Gasteiger partial charge on any atom is -0.369 e. The molecule has 96 valence electrons. The zero-order chi connectivity index (χ0) is 13.1. The average Bonchev–Trinajstić information content (AvgIpc) is 2.84. The number of rotatable bonds is 3. The van der Waals surface area contributed by atoms with Gasteiger partial charge in [0.05, 0.1) is 0 Å². The average molecular weight is 252 g/mol. The lowest BCUT2D eigenvalue weighted by Gasteiger charge is -2.18. The Morgan fingerprint density at radius 1 is 1.26 bits per heavy atom. The molecule has 0 atom stereocenters. The van der Waals surface area contributed by atoms with Crippen molar-refractivity contribution in [2.45, 2.75) is 25.8 Å². The van der Waals surface area contributed by atoms with Gasteiger partial charge in [-0.3, -0.25) is 0 Å². The number of benzene rings is 1. The quantitative estimate of drug-likeness (QED) is 0.912. The lowest BCUT2D eigenvalue weighted by Crippen LogP contribution is -2.19. The van der Waals surface area contributed by atoms with Gasteiger partial charge < -0.3 is 9.88 Å². The number of aryl methyl sites for hydroxylation is 2. The molecule has 2 aromatic rings. The van der Waals surface area contributed by atoms with Gasteiger partial charge >= 0.3 is 0 Å². The Labute approximate surface area is 112 Å². The molecule has 0 unspecified atom stereocenters. The summed E-state index contributed by atoms with van der Waals surface area (Å²) in [6.07, 6.45) is 2.93. The normalized spacial score (nSPS) is 13.4. The predicted molar refractivity (Wildman–Crippen MR) is 73.9 cm³/mol. The van der Waals surface area contributed by atoms with Crippen molar-refractivity contribution in [3.05, 3.63) is 47.4 Å². The topological polar surface area (TPSA) is 53.6 Å². The van der Waals surface area contributed by atoms with Gasteiger partial charge in [0.1, 0.15) is 17.7 Å². The fourth-order valence-electron chi connectivity index (χ4n) is 2.53. The lowest BCUT2D eigenvalue weighted by atomic mass is 10.1. The molecule has 4 nitrogen and oxygen atoms in total. The van der Waals surface area contributed by atoms with Crippen LogP contribution in [0, 0.1) is 11.3 Å². The summed E-state index contributed by atoms with van der Waals surface area (Å²) in [5.74, 6) is 1.92. The third-order valence-electron chi connectivity index (χ3n) is 3.48. The van der Waals surface area contributed by atoms with Crippen LogP contribution >= 0.6 is 0 Å². The maximum Gasteiger partial charge on any atom is 0.183 e. The van der Waals surface area contributed by atoms with Crippen LogP contribution in [0.4, 0.5) is 5.82 Å². The van der Waals surface area contributed by atoms with E-state index >= 15 is 0 Å². The maximum absolute atomic E-state index is 9.13. The second kappa shape index (κ2) is 5.15. The Hall–Kier alpha value is -2.28. The van der Waals surface area contributed by atoms with Gasteiger partial charge in [-0.05, 0) is 18.4 Å². The van der Waals surface area contributed by atoms with Gasteiger partial charge in [-0.1, -0.05) is 30.3 Å². The lowest BCUT2D eigenvalue weighted by molar-refractivity contribution is 0.597. The Bertz CT molecular complexity index is 607. The first kappa shape index (κ1) is 11.8. The summed E-state index contributed by atoms with van der Waals surface area (Å²) in [5, 5.41) is 12.4. The summed E-state index contributed by atoms with van der Waals surface area (Å²) < 4.78 is 2.16. The highest BCUT2D eigenvalue weighted by Crippen LogP contribution is 2.22. The Balaban J connectivity index is 1.82. The van der Waals surface area contributed by atoms with Crippen LogP contribution in [0.5, 0.6) is 0 Å². The van der Waals surface area contributed by atoms with Crippen molar-refractivity contribution in [3.8, 4) is 6.07 Å². The molecule has 1 aromatic carbocycles. The third-order valence-corrected chi connectivity index (χ3v) is 3.48. The minimum absolute atomic E-state index is 0.530. The molecule has 0 bridgehead atoms. The SMILES string of the molecule is N#Cc1nc(CCc2ccccc2)n2c1NCCC2. The Kier molecular flexibility index (Phi) is 3.20. The third kappa shape index (κ3) is 2.32. The highest BCUT2D eigenvalue weighted by Gasteiger charge is 2.19. The number of hydrogen-bond acceptors (Lipinski definition) is 3. The van der Waals surface area contributed by atoms with Crippen molar-refractivity contribution in [2.75, 3.05) is 11.9 Å². The van der Waals surface area contributed by atoms with E-state index in [-0.39, 0.29) is 0 Å². The van der Waals surface area contributed by atoms with Crippen molar-refractivity contribution in [1.82, 2.24) is 9.55 Å². The van der Waals surface area contributed by atoms with E-state index in [4.69, 9.17) is 5.26 Å². The molecule has 0 amide bonds. The van der Waals surface area contributed by atoms with Crippen LogP contribution in [-0.4, -0.2) is 16.1 Å². The molecule has 19 heavy (non-hydrogen) atoms. The van der Waals surface area contributed by atoms with Crippen LogP contribution in [0.3, 0.4) is 0 Å². The molecule has 0 radical (unpaired) electrons. The van der Waals surface area contributed by atoms with Gasteiger partial charge in [0.2, 0.25) is 0 Å². The standard InChI is InChI=1S/C15H16N4/c16-11-13-15-17-9-4-10-19(15)14(18-13)8-7-12-5-2-1-3-6-12/h1-3,5-6,17H,4,7-10H2. The maximum atomic E-state index is 9.13. The monoisotopic (exact) mass is 252 g/mol. The van der Waals surface area contributed by atoms with Crippen molar-refractivity contribution >= 4 is 5.82 Å². The molecule has 1 aliphatic rings. The van der Waals surface area contributed by atoms with E-state index in [9.17, 15) is 0 Å². The molecule has 0 saturated heterocycles. The number of nitrogens with zero attached hydrogens (tertiary/aromatic N) is 3. The molecule has 4 heteroatoms. The van der Waals surface area contributed by atoms with E-state index in [1.54, 1.807) is 0 Å². The smallest absolute Gasteiger partial charge is 0.183 e. The molecule has 2 heterocycles. The number of fused-ring (bicyclic) bond motifs is 1. The molecule has 0 aliphatic carbocycles. The molecular formula is C15H16N4. The van der Waals surface area contributed by atoms with E-state index in [1.807, 2.05) is 6.07 Å². The molecular weight excluding hydrogens is 236 g/mol. The van der Waals surface area contributed by atoms with E-state index in [2.05, 4.69) is 45.2 Å². The van der Waals surface area contributed by atoms with Gasteiger partial charge in [0.25, 0.3) is 0 Å². The first-order chi connectivity index (χ1) is 9.38. The summed E-state index contributed by atoms with van der Waals surface area (Å²) in [7, 11) is 0. The van der Waals surface area contributed by atoms with Crippen molar-refractivity contribution in [1.29, 1.82) is 5.26 Å². The van der Waals surface area contributed by atoms with Crippen LogP contribution in [0.2, 0.25) is 0 Å². The van der Waals surface area contributed by atoms with Gasteiger partial charge in [-0.25, -0.2) is 4.98 Å². The zero-order valence-electron chi connectivity index (χ0n) is 10.8. The molecule has 1 aliphatic heterocycles. The second-order valence-corrected chi connectivity index (χ2v) is 4.75. The predicted octanol–water partition coefficient (Wildman–Crippen LogP) is 2.36. The summed E-state index contributed by atoms with van der Waals surface area (Å²) in [6.45, 7) is 1.89. The Morgan fingerprint density at radius 3 is 2.89 bits per heavy atom. The van der Waals surface area contributed by atoms with E-state index in [1.165, 1.54) is 5.56 Å². The molecule has 1 N–H and O–H groups in total. The minimum atomic E-state index is 0.530. The van der Waals surface area contributed by atoms with Crippen molar-refractivity contribution in [2.24, 2.45) is 0 Å². The molecule has 0 spiro atoms. The zero-order valence-corrected chi connectivity index (χ0v) is 10.8. The summed E-state index contributed by atoms with van der Waals surface area (Å²) in [5.41, 5.74) is 1.84. The summed E-state index contributed by atoms with van der Waals surface area (Å²) in [4.78, 5) is 4.46. The van der Waals surface area contributed by atoms with Crippen LogP contribution in [-0.2, 0) is 19.4 Å². The fraction of sp³-hybridized carbons (Fsp3) is 0.333. The number of nitrogens with one attached hydrogen (secondary N) is 1. The van der Waals surface area contributed by atoms with Crippen LogP contribution < -0.4 is 5.32 Å². The molecule has 3 rings (SSSR count). The van der Waals surface area contributed by atoms with Crippen LogP contribution in [0.15, 0.2) is 30.3 Å². The first-order valence-electron chi connectivity index (χ1n) is 6.66. The summed E-state index contributed by atoms with van der Waals surface area (Å²) >= 11 is 0. The van der Waals surface area contributed by atoms with Gasteiger partial charge in [-0.2, -0.15) is 5.26 Å². The van der Waals surface area contributed by atoms with E-state index < -0.39 is 0 Å². The number of anilines is 1. The Morgan fingerprint density at radius 2 is 2.11 bits per heavy atom. The van der Waals surface area contributed by atoms with Crippen LogP contribution in [0.25, 0.3) is 0 Å². The van der Waals surface area contributed by atoms with E-state index in [0.29, 0.717) is 5.69 Å². The van der Waals surface area contributed by atoms with E-state index in [0.717, 1.165) is 44.0 Å². The fourth-order valence-corrected chi connectivity index (χ4v) is 2.53. The highest BCUT2D eigenvalue weighted by molar-refractivity contribution is 5.51. The molecule has 0 fully saturated rings. The first-order valence-corrected chi connectivity index (χ1v) is 6.66. The van der Waals surface area contributed by atoms with Gasteiger partial charge in [0.15, 0.2) is 5.69 Å². The second-order valence-electron chi connectivity index (χ2n) is 4.75. The highest BCUT2D eigenvalue weighted by atomic mass is 15.2. The van der Waals surface area contributed by atoms with Crippen molar-refractivity contribution < 1.29 is 0 Å². The van der Waals surface area contributed by atoms with Crippen molar-refractivity contribution in [3.63, 3.8) is 0 Å². The molecule has 1 aromatic heterocycles. The largest absolute Gasteiger partial charge is 0.369 e. The van der Waals surface area contributed by atoms with Gasteiger partial charge in [0, 0.05) is 19.5 Å². The number of imidazole rings is 1. The van der Waals surface area contributed by atoms with Gasteiger partial charge in [-0.15, -0.1) is 0 Å². The molecule has 0 saturated carbocycles. The van der Waals surface area contributed by atoms with Crippen LogP contribution in [0.1, 0.15) is 23.5 Å². The number of hydrogen-bond donors (Lipinski definition) is 1. The number of aromatic nitrogens is 2. The number of nitriles is 1. The summed E-state index contributed by atoms with van der Waals surface area (Å²) in [6, 6.07) is 12.6.